The van der Waals surface area contributed by atoms with Gasteiger partial charge >= 0.3 is 6.09 Å². The van der Waals surface area contributed by atoms with Gasteiger partial charge in [0.15, 0.2) is 0 Å². The molecule has 3 aromatic rings. The molecular weight excluding hydrogens is 448 g/mol. The van der Waals surface area contributed by atoms with Gasteiger partial charge in [-0.2, -0.15) is 5.26 Å². The van der Waals surface area contributed by atoms with Crippen LogP contribution in [0.2, 0.25) is 0 Å². The molecule has 2 unspecified atom stereocenters. The Balaban J connectivity index is 1.20. The van der Waals surface area contributed by atoms with E-state index >= 15 is 0 Å². The summed E-state index contributed by atoms with van der Waals surface area (Å²) in [6, 6.07) is 27.6. The van der Waals surface area contributed by atoms with Gasteiger partial charge in [-0.3, -0.25) is 4.79 Å². The van der Waals surface area contributed by atoms with Crippen molar-refractivity contribution in [2.45, 2.75) is 57.2 Å². The summed E-state index contributed by atoms with van der Waals surface area (Å²) < 4.78 is 5.64. The van der Waals surface area contributed by atoms with Gasteiger partial charge in [-0.25, -0.2) is 4.79 Å². The molecular formula is C31H30N2O3. The second kappa shape index (κ2) is 10.8. The molecule has 5 heteroatoms. The third-order valence-corrected chi connectivity index (χ3v) is 7.54. The number of carbonyl (C=O) groups excluding carboxylic acids is 2. The van der Waals surface area contributed by atoms with Crippen molar-refractivity contribution in [2.24, 2.45) is 5.92 Å². The normalized spacial score (nSPS) is 20.9. The number of Topliss-reactive ketones (excluding diaryl/α,β-unsaturated/α-hetero) is 1. The van der Waals surface area contributed by atoms with E-state index in [0.717, 1.165) is 41.5 Å². The van der Waals surface area contributed by atoms with Crippen LogP contribution in [0, 0.1) is 17.2 Å². The molecule has 3 aromatic carbocycles. The third kappa shape index (κ3) is 5.18. The van der Waals surface area contributed by atoms with Gasteiger partial charge < -0.3 is 9.64 Å². The van der Waals surface area contributed by atoms with Gasteiger partial charge in [0, 0.05) is 24.4 Å². The number of hydrogen-bond acceptors (Lipinski definition) is 4. The Labute approximate surface area is 212 Å². The second-order valence-corrected chi connectivity index (χ2v) is 9.85. The first kappa shape index (κ1) is 23.8. The molecule has 2 fully saturated rings. The Morgan fingerprint density at radius 1 is 0.861 bits per heavy atom. The maximum absolute atomic E-state index is 13.3. The number of carbonyl (C=O) groups is 2. The Morgan fingerprint density at radius 2 is 1.53 bits per heavy atom. The summed E-state index contributed by atoms with van der Waals surface area (Å²) in [7, 11) is 0. The summed E-state index contributed by atoms with van der Waals surface area (Å²) in [4.78, 5) is 28.1. The minimum Gasteiger partial charge on any atom is -0.445 e. The molecule has 0 aliphatic carbocycles. The molecule has 36 heavy (non-hydrogen) atoms. The van der Waals surface area contributed by atoms with Crippen molar-refractivity contribution in [1.82, 2.24) is 4.90 Å². The highest BCUT2D eigenvalue weighted by atomic mass is 16.6. The van der Waals surface area contributed by atoms with E-state index in [2.05, 4.69) is 6.07 Å². The molecule has 2 aliphatic heterocycles. The van der Waals surface area contributed by atoms with Crippen LogP contribution in [0.3, 0.4) is 0 Å². The SMILES string of the molecule is N#Cc1ccccc1-c1ccc(CC(=O)C2CC3CCCC(C2)N3C(=O)OCc2ccccc2)cc1. The molecule has 2 aliphatic rings. The largest absolute Gasteiger partial charge is 0.445 e. The summed E-state index contributed by atoms with van der Waals surface area (Å²) in [5.41, 5.74) is 4.47. The molecule has 0 aromatic heterocycles. The van der Waals surface area contributed by atoms with Crippen LogP contribution in [0.4, 0.5) is 4.79 Å². The van der Waals surface area contributed by atoms with Crippen LogP contribution in [0.5, 0.6) is 0 Å². The summed E-state index contributed by atoms with van der Waals surface area (Å²) >= 11 is 0. The summed E-state index contributed by atoms with van der Waals surface area (Å²) in [5, 5.41) is 9.37. The number of piperidine rings is 2. The third-order valence-electron chi connectivity index (χ3n) is 7.54. The lowest BCUT2D eigenvalue weighted by atomic mass is 9.76. The Hall–Kier alpha value is -3.91. The molecule has 2 heterocycles. The Kier molecular flexibility index (Phi) is 7.13. The number of amides is 1. The average molecular weight is 479 g/mol. The van der Waals surface area contributed by atoms with E-state index < -0.39 is 0 Å². The first-order chi connectivity index (χ1) is 17.6. The van der Waals surface area contributed by atoms with Crippen LogP contribution in [-0.4, -0.2) is 28.9 Å². The monoisotopic (exact) mass is 478 g/mol. The zero-order valence-corrected chi connectivity index (χ0v) is 20.3. The standard InChI is InChI=1S/C31H30N2O3/c32-20-25-9-4-5-12-29(25)24-15-13-22(14-16-24)17-30(34)26-18-27-10-6-11-28(19-26)33(27)31(35)36-21-23-7-2-1-3-8-23/h1-5,7-9,12-16,26-28H,6,10-11,17-19,21H2. The summed E-state index contributed by atoms with van der Waals surface area (Å²) in [6.45, 7) is 0.271. The van der Waals surface area contributed by atoms with E-state index in [0.29, 0.717) is 24.8 Å². The summed E-state index contributed by atoms with van der Waals surface area (Å²) in [5.74, 6) is 0.215. The molecule has 5 rings (SSSR count). The number of ketones is 1. The van der Waals surface area contributed by atoms with Gasteiger partial charge in [-0.15, -0.1) is 0 Å². The van der Waals surface area contributed by atoms with Crippen molar-refractivity contribution >= 4 is 11.9 Å². The molecule has 2 bridgehead atoms. The van der Waals surface area contributed by atoms with Crippen LogP contribution < -0.4 is 0 Å². The maximum atomic E-state index is 13.3. The second-order valence-electron chi connectivity index (χ2n) is 9.85. The van der Waals surface area contributed by atoms with E-state index in [1.54, 1.807) is 0 Å². The zero-order valence-electron chi connectivity index (χ0n) is 20.3. The van der Waals surface area contributed by atoms with Gasteiger partial charge in [0.05, 0.1) is 11.6 Å². The molecule has 2 saturated heterocycles. The number of nitrogens with zero attached hydrogens (tertiary/aromatic N) is 2. The number of nitriles is 1. The molecule has 1 amide bonds. The van der Waals surface area contributed by atoms with E-state index in [1.807, 2.05) is 83.8 Å². The van der Waals surface area contributed by atoms with Gasteiger partial charge in [0.1, 0.15) is 12.4 Å². The van der Waals surface area contributed by atoms with E-state index in [-0.39, 0.29) is 36.5 Å². The first-order valence-corrected chi connectivity index (χ1v) is 12.7. The predicted octanol–water partition coefficient (Wildman–Crippen LogP) is 6.31. The lowest BCUT2D eigenvalue weighted by molar-refractivity contribution is -0.126. The van der Waals surface area contributed by atoms with Crippen LogP contribution in [0.15, 0.2) is 78.9 Å². The van der Waals surface area contributed by atoms with Crippen molar-refractivity contribution in [1.29, 1.82) is 5.26 Å². The minimum atomic E-state index is -0.257. The summed E-state index contributed by atoms with van der Waals surface area (Å²) in [6.07, 6.45) is 4.49. The van der Waals surface area contributed by atoms with Gasteiger partial charge in [-0.1, -0.05) is 72.8 Å². The molecule has 5 nitrogen and oxygen atoms in total. The fourth-order valence-electron chi connectivity index (χ4n) is 5.72. The van der Waals surface area contributed by atoms with Crippen molar-refractivity contribution in [3.63, 3.8) is 0 Å². The van der Waals surface area contributed by atoms with E-state index in [9.17, 15) is 14.9 Å². The van der Waals surface area contributed by atoms with Crippen LogP contribution in [0.1, 0.15) is 48.8 Å². The number of ether oxygens (including phenoxy) is 1. The average Bonchev–Trinajstić information content (AvgIpc) is 2.92. The molecule has 0 N–H and O–H groups in total. The van der Waals surface area contributed by atoms with Crippen LogP contribution in [0.25, 0.3) is 11.1 Å². The molecule has 0 spiro atoms. The number of fused-ring (bicyclic) bond motifs is 2. The van der Waals surface area contributed by atoms with E-state index in [1.165, 1.54) is 0 Å². The number of hydrogen-bond donors (Lipinski definition) is 0. The molecule has 2 atom stereocenters. The Morgan fingerprint density at radius 3 is 2.22 bits per heavy atom. The van der Waals surface area contributed by atoms with Crippen molar-refractivity contribution < 1.29 is 14.3 Å². The molecule has 0 radical (unpaired) electrons. The van der Waals surface area contributed by atoms with Crippen molar-refractivity contribution in [3.8, 4) is 17.2 Å². The van der Waals surface area contributed by atoms with Crippen molar-refractivity contribution in [3.05, 3.63) is 95.6 Å². The topological polar surface area (TPSA) is 70.4 Å². The zero-order chi connectivity index (χ0) is 24.9. The minimum absolute atomic E-state index is 0.0301. The van der Waals surface area contributed by atoms with Gasteiger partial charge in [0.25, 0.3) is 0 Å². The Bertz CT molecular complexity index is 1250. The van der Waals surface area contributed by atoms with Crippen LogP contribution >= 0.6 is 0 Å². The van der Waals surface area contributed by atoms with Crippen molar-refractivity contribution in [2.75, 3.05) is 0 Å². The fourth-order valence-corrected chi connectivity index (χ4v) is 5.72. The van der Waals surface area contributed by atoms with Gasteiger partial charge in [-0.05, 0) is 60.4 Å². The van der Waals surface area contributed by atoms with E-state index in [4.69, 9.17) is 4.74 Å². The highest BCUT2D eigenvalue weighted by Gasteiger charge is 2.43. The number of benzene rings is 3. The highest BCUT2D eigenvalue weighted by molar-refractivity contribution is 5.84. The molecule has 0 saturated carbocycles. The molecule has 182 valence electrons. The smallest absolute Gasteiger partial charge is 0.410 e. The lowest BCUT2D eigenvalue weighted by Crippen LogP contribution is -2.55. The number of rotatable bonds is 6. The highest BCUT2D eigenvalue weighted by Crippen LogP contribution is 2.38. The first-order valence-electron chi connectivity index (χ1n) is 12.7. The lowest BCUT2D eigenvalue weighted by Gasteiger charge is -2.47. The van der Waals surface area contributed by atoms with Gasteiger partial charge in [0.2, 0.25) is 0 Å². The fraction of sp³-hybridized carbons (Fsp3) is 0.323. The van der Waals surface area contributed by atoms with Crippen LogP contribution in [-0.2, 0) is 22.6 Å². The predicted molar refractivity (Wildman–Crippen MR) is 138 cm³/mol. The quantitative estimate of drug-likeness (QED) is 0.416. The maximum Gasteiger partial charge on any atom is 0.410 e.